The zero-order valence-electron chi connectivity index (χ0n) is 11.8. The van der Waals surface area contributed by atoms with Crippen LogP contribution in [0.15, 0.2) is 53.4 Å². The van der Waals surface area contributed by atoms with Gasteiger partial charge in [-0.3, -0.25) is 4.79 Å². The third kappa shape index (κ3) is 3.86. The molecule has 0 unspecified atom stereocenters. The third-order valence-corrected chi connectivity index (χ3v) is 3.62. The highest BCUT2D eigenvalue weighted by atomic mass is 32.2. The molecule has 5 heteroatoms. The number of anilines is 1. The molecule has 0 saturated carbocycles. The summed E-state index contributed by atoms with van der Waals surface area (Å²) in [5, 5.41) is 2.83. The van der Waals surface area contributed by atoms with Crippen molar-refractivity contribution >= 4 is 29.3 Å². The molecule has 0 atom stereocenters. The molecule has 21 heavy (non-hydrogen) atoms. The summed E-state index contributed by atoms with van der Waals surface area (Å²) in [5.41, 5.74) is 1.64. The SMILES string of the molecule is COC(=O)c1ccc(C(=O)Nc2cccc(SC)c2)cc1. The van der Waals surface area contributed by atoms with E-state index in [1.165, 1.54) is 7.11 Å². The minimum Gasteiger partial charge on any atom is -0.465 e. The van der Waals surface area contributed by atoms with Crippen LogP contribution in [0.3, 0.4) is 0 Å². The minimum absolute atomic E-state index is 0.218. The Balaban J connectivity index is 2.11. The van der Waals surface area contributed by atoms with Gasteiger partial charge in [0.05, 0.1) is 12.7 Å². The third-order valence-electron chi connectivity index (χ3n) is 2.90. The van der Waals surface area contributed by atoms with E-state index in [0.29, 0.717) is 11.1 Å². The van der Waals surface area contributed by atoms with Crippen molar-refractivity contribution in [2.75, 3.05) is 18.7 Å². The molecule has 0 saturated heterocycles. The Kier molecular flexibility index (Phi) is 5.00. The van der Waals surface area contributed by atoms with E-state index in [0.717, 1.165) is 10.6 Å². The quantitative estimate of drug-likeness (QED) is 0.694. The zero-order valence-corrected chi connectivity index (χ0v) is 12.6. The van der Waals surface area contributed by atoms with Crippen molar-refractivity contribution in [2.24, 2.45) is 0 Å². The smallest absolute Gasteiger partial charge is 0.337 e. The number of rotatable bonds is 4. The van der Waals surface area contributed by atoms with Crippen LogP contribution in [-0.2, 0) is 4.74 Å². The van der Waals surface area contributed by atoms with E-state index in [-0.39, 0.29) is 5.91 Å². The summed E-state index contributed by atoms with van der Waals surface area (Å²) in [7, 11) is 1.32. The van der Waals surface area contributed by atoms with Gasteiger partial charge in [0.25, 0.3) is 5.91 Å². The van der Waals surface area contributed by atoms with Crippen molar-refractivity contribution < 1.29 is 14.3 Å². The molecule has 2 aromatic carbocycles. The monoisotopic (exact) mass is 301 g/mol. The van der Waals surface area contributed by atoms with Gasteiger partial charge in [-0.25, -0.2) is 4.79 Å². The number of hydrogen-bond donors (Lipinski definition) is 1. The summed E-state index contributed by atoms with van der Waals surface area (Å²) in [6, 6.07) is 13.9. The van der Waals surface area contributed by atoms with Crippen LogP contribution in [0.5, 0.6) is 0 Å². The number of nitrogens with one attached hydrogen (secondary N) is 1. The maximum absolute atomic E-state index is 12.1. The van der Waals surface area contributed by atoms with Gasteiger partial charge in [-0.1, -0.05) is 6.07 Å². The molecule has 0 aliphatic heterocycles. The van der Waals surface area contributed by atoms with Gasteiger partial charge >= 0.3 is 5.97 Å². The standard InChI is InChI=1S/C16H15NO3S/c1-20-16(19)12-8-6-11(7-9-12)15(18)17-13-4-3-5-14(10-13)21-2/h3-10H,1-2H3,(H,17,18). The Morgan fingerprint density at radius 1 is 1.05 bits per heavy atom. The lowest BCUT2D eigenvalue weighted by molar-refractivity contribution is 0.0600. The summed E-state index contributed by atoms with van der Waals surface area (Å²) in [6.07, 6.45) is 1.98. The highest BCUT2D eigenvalue weighted by molar-refractivity contribution is 7.98. The Hall–Kier alpha value is -2.27. The van der Waals surface area contributed by atoms with Gasteiger partial charge in [-0.05, 0) is 48.7 Å². The number of methoxy groups -OCH3 is 1. The topological polar surface area (TPSA) is 55.4 Å². The van der Waals surface area contributed by atoms with Crippen molar-refractivity contribution in [2.45, 2.75) is 4.90 Å². The number of amides is 1. The Bertz CT molecular complexity index is 653. The average molecular weight is 301 g/mol. The van der Waals surface area contributed by atoms with Crippen molar-refractivity contribution in [1.29, 1.82) is 0 Å². The fraction of sp³-hybridized carbons (Fsp3) is 0.125. The van der Waals surface area contributed by atoms with Crippen molar-refractivity contribution in [1.82, 2.24) is 0 Å². The van der Waals surface area contributed by atoms with E-state index in [1.807, 2.05) is 30.5 Å². The number of hydrogen-bond acceptors (Lipinski definition) is 4. The van der Waals surface area contributed by atoms with Crippen LogP contribution >= 0.6 is 11.8 Å². The van der Waals surface area contributed by atoms with E-state index in [4.69, 9.17) is 0 Å². The molecule has 4 nitrogen and oxygen atoms in total. The normalized spacial score (nSPS) is 10.0. The molecule has 0 aliphatic rings. The summed E-state index contributed by atoms with van der Waals surface area (Å²) in [5.74, 6) is -0.640. The first-order valence-corrected chi connectivity index (χ1v) is 7.50. The second-order valence-electron chi connectivity index (χ2n) is 4.26. The summed E-state index contributed by atoms with van der Waals surface area (Å²) >= 11 is 1.61. The van der Waals surface area contributed by atoms with Crippen molar-refractivity contribution in [3.63, 3.8) is 0 Å². The fourth-order valence-electron chi connectivity index (χ4n) is 1.78. The number of esters is 1. The Labute approximate surface area is 127 Å². The van der Waals surface area contributed by atoms with Gasteiger partial charge in [0.2, 0.25) is 0 Å². The highest BCUT2D eigenvalue weighted by Gasteiger charge is 2.09. The van der Waals surface area contributed by atoms with Crippen LogP contribution < -0.4 is 5.32 Å². The van der Waals surface area contributed by atoms with Crippen LogP contribution in [0, 0.1) is 0 Å². The molecule has 2 aromatic rings. The first kappa shape index (κ1) is 15.1. The molecule has 0 spiro atoms. The molecule has 108 valence electrons. The van der Waals surface area contributed by atoms with Crippen LogP contribution in [0.4, 0.5) is 5.69 Å². The number of ether oxygens (including phenoxy) is 1. The molecular weight excluding hydrogens is 286 g/mol. The summed E-state index contributed by atoms with van der Waals surface area (Å²) in [4.78, 5) is 24.5. The predicted molar refractivity (Wildman–Crippen MR) is 84.0 cm³/mol. The lowest BCUT2D eigenvalue weighted by atomic mass is 10.1. The van der Waals surface area contributed by atoms with Crippen LogP contribution in [0.25, 0.3) is 0 Å². The number of benzene rings is 2. The van der Waals surface area contributed by atoms with E-state index >= 15 is 0 Å². The maximum Gasteiger partial charge on any atom is 0.337 e. The van der Waals surface area contributed by atoms with Gasteiger partial charge in [0.1, 0.15) is 0 Å². The van der Waals surface area contributed by atoms with Gasteiger partial charge in [0, 0.05) is 16.1 Å². The lowest BCUT2D eigenvalue weighted by Gasteiger charge is -2.07. The maximum atomic E-state index is 12.1. The molecule has 0 fully saturated rings. The molecule has 0 radical (unpaired) electrons. The average Bonchev–Trinajstić information content (AvgIpc) is 2.54. The van der Waals surface area contributed by atoms with E-state index in [2.05, 4.69) is 10.1 Å². The zero-order chi connectivity index (χ0) is 15.2. The fourth-order valence-corrected chi connectivity index (χ4v) is 2.24. The van der Waals surface area contributed by atoms with Gasteiger partial charge < -0.3 is 10.1 Å². The van der Waals surface area contributed by atoms with Crippen molar-refractivity contribution in [3.05, 3.63) is 59.7 Å². The second-order valence-corrected chi connectivity index (χ2v) is 5.13. The van der Waals surface area contributed by atoms with Crippen LogP contribution in [-0.4, -0.2) is 25.2 Å². The lowest BCUT2D eigenvalue weighted by Crippen LogP contribution is -2.12. The van der Waals surface area contributed by atoms with Gasteiger partial charge in [-0.2, -0.15) is 0 Å². The van der Waals surface area contributed by atoms with Gasteiger partial charge in [-0.15, -0.1) is 11.8 Å². The molecule has 2 rings (SSSR count). The van der Waals surface area contributed by atoms with Gasteiger partial charge in [0.15, 0.2) is 0 Å². The number of thioether (sulfide) groups is 1. The number of carbonyl (C=O) groups is 2. The first-order valence-electron chi connectivity index (χ1n) is 6.28. The summed E-state index contributed by atoms with van der Waals surface area (Å²) in [6.45, 7) is 0. The summed E-state index contributed by atoms with van der Waals surface area (Å²) < 4.78 is 4.62. The van der Waals surface area contributed by atoms with Crippen LogP contribution in [0.2, 0.25) is 0 Å². The molecule has 0 aliphatic carbocycles. The second kappa shape index (κ2) is 6.95. The number of carbonyl (C=O) groups excluding carboxylic acids is 2. The van der Waals surface area contributed by atoms with Crippen molar-refractivity contribution in [3.8, 4) is 0 Å². The van der Waals surface area contributed by atoms with Crippen LogP contribution in [0.1, 0.15) is 20.7 Å². The highest BCUT2D eigenvalue weighted by Crippen LogP contribution is 2.19. The Morgan fingerprint density at radius 3 is 2.33 bits per heavy atom. The molecular formula is C16H15NO3S. The molecule has 1 amide bonds. The molecule has 0 bridgehead atoms. The molecule has 0 heterocycles. The predicted octanol–water partition coefficient (Wildman–Crippen LogP) is 3.45. The molecule has 1 N–H and O–H groups in total. The van der Waals surface area contributed by atoms with E-state index in [9.17, 15) is 9.59 Å². The first-order chi connectivity index (χ1) is 10.1. The van der Waals surface area contributed by atoms with E-state index < -0.39 is 5.97 Å². The molecule has 0 aromatic heterocycles. The minimum atomic E-state index is -0.422. The Morgan fingerprint density at radius 2 is 1.71 bits per heavy atom. The van der Waals surface area contributed by atoms with E-state index in [1.54, 1.807) is 36.0 Å². The largest absolute Gasteiger partial charge is 0.465 e.